The monoisotopic (exact) mass is 205 g/mol. The van der Waals surface area contributed by atoms with Gasteiger partial charge in [-0.3, -0.25) is 0 Å². The first-order chi connectivity index (χ1) is 6.57. The Morgan fingerprint density at radius 2 is 2.00 bits per heavy atom. The molecule has 5 nitrogen and oxygen atoms in total. The molecule has 0 bridgehead atoms. The predicted molar refractivity (Wildman–Crippen MR) is 50.7 cm³/mol. The third-order valence-electron chi connectivity index (χ3n) is 2.93. The summed E-state index contributed by atoms with van der Waals surface area (Å²) in [5, 5.41) is 40.7. The standard InChI is InChI=1S/C9H19NO4/c1-2-3-9(5-11)8(14)7(13)6(12)4-10-9/h6-8,10-14H,2-5H2,1H3/t6-,7+,8-,9+/m0/s1. The normalized spacial score (nSPS) is 43.9. The van der Waals surface area contributed by atoms with Crippen molar-refractivity contribution in [3.63, 3.8) is 0 Å². The molecule has 1 saturated heterocycles. The Morgan fingerprint density at radius 1 is 1.36 bits per heavy atom. The molecular weight excluding hydrogens is 186 g/mol. The molecule has 1 aliphatic rings. The Hall–Kier alpha value is -0.200. The maximum absolute atomic E-state index is 9.76. The van der Waals surface area contributed by atoms with Crippen LogP contribution in [0.15, 0.2) is 0 Å². The third kappa shape index (κ3) is 1.92. The summed E-state index contributed by atoms with van der Waals surface area (Å²) in [6.45, 7) is 1.88. The van der Waals surface area contributed by atoms with Crippen molar-refractivity contribution in [2.24, 2.45) is 0 Å². The Kier molecular flexibility index (Phi) is 3.86. The van der Waals surface area contributed by atoms with Gasteiger partial charge in [-0.15, -0.1) is 0 Å². The van der Waals surface area contributed by atoms with Gasteiger partial charge in [0.15, 0.2) is 0 Å². The van der Waals surface area contributed by atoms with Crippen LogP contribution in [0.1, 0.15) is 19.8 Å². The molecule has 0 aliphatic carbocycles. The zero-order valence-corrected chi connectivity index (χ0v) is 8.35. The molecule has 1 aliphatic heterocycles. The number of aliphatic hydroxyl groups excluding tert-OH is 4. The van der Waals surface area contributed by atoms with Gasteiger partial charge in [0.1, 0.15) is 12.2 Å². The highest BCUT2D eigenvalue weighted by molar-refractivity contribution is 5.03. The second-order valence-electron chi connectivity index (χ2n) is 3.95. The van der Waals surface area contributed by atoms with E-state index >= 15 is 0 Å². The zero-order chi connectivity index (χ0) is 10.8. The molecule has 0 aromatic rings. The lowest BCUT2D eigenvalue weighted by molar-refractivity contribution is -0.135. The van der Waals surface area contributed by atoms with Crippen molar-refractivity contribution in [3.05, 3.63) is 0 Å². The summed E-state index contributed by atoms with van der Waals surface area (Å²) in [7, 11) is 0. The first-order valence-corrected chi connectivity index (χ1v) is 4.97. The minimum atomic E-state index is -1.19. The first kappa shape index (κ1) is 11.9. The van der Waals surface area contributed by atoms with E-state index in [9.17, 15) is 20.4 Å². The second kappa shape index (κ2) is 4.55. The quantitative estimate of drug-likeness (QED) is 0.375. The van der Waals surface area contributed by atoms with E-state index in [0.29, 0.717) is 6.42 Å². The summed E-state index contributed by atoms with van der Waals surface area (Å²) in [5.41, 5.74) is -0.868. The first-order valence-electron chi connectivity index (χ1n) is 4.97. The number of β-amino-alcohol motifs (C(OH)–C–C–N with tert-alkyl or cyclic N) is 1. The summed E-state index contributed by atoms with van der Waals surface area (Å²) >= 11 is 0. The third-order valence-corrected chi connectivity index (χ3v) is 2.93. The van der Waals surface area contributed by atoms with Gasteiger partial charge in [0, 0.05) is 6.54 Å². The highest BCUT2D eigenvalue weighted by Gasteiger charge is 2.46. The smallest absolute Gasteiger partial charge is 0.109 e. The van der Waals surface area contributed by atoms with Gasteiger partial charge in [-0.05, 0) is 6.42 Å². The number of aliphatic hydroxyl groups is 4. The van der Waals surface area contributed by atoms with E-state index in [0.717, 1.165) is 6.42 Å². The highest BCUT2D eigenvalue weighted by atomic mass is 16.4. The topological polar surface area (TPSA) is 93.0 Å². The number of rotatable bonds is 3. The van der Waals surface area contributed by atoms with E-state index in [1.165, 1.54) is 0 Å². The lowest BCUT2D eigenvalue weighted by atomic mass is 9.80. The van der Waals surface area contributed by atoms with Gasteiger partial charge in [-0.2, -0.15) is 0 Å². The van der Waals surface area contributed by atoms with Crippen molar-refractivity contribution in [1.29, 1.82) is 0 Å². The van der Waals surface area contributed by atoms with Crippen molar-refractivity contribution < 1.29 is 20.4 Å². The van der Waals surface area contributed by atoms with Crippen molar-refractivity contribution in [2.75, 3.05) is 13.2 Å². The molecule has 0 unspecified atom stereocenters. The van der Waals surface area contributed by atoms with Crippen LogP contribution in [-0.4, -0.2) is 57.4 Å². The maximum atomic E-state index is 9.76. The predicted octanol–water partition coefficient (Wildman–Crippen LogP) is -1.80. The van der Waals surface area contributed by atoms with Gasteiger partial charge in [-0.25, -0.2) is 0 Å². The van der Waals surface area contributed by atoms with Gasteiger partial charge in [-0.1, -0.05) is 13.3 Å². The second-order valence-corrected chi connectivity index (χ2v) is 3.95. The average molecular weight is 205 g/mol. The molecule has 0 saturated carbocycles. The molecule has 5 heteroatoms. The van der Waals surface area contributed by atoms with Crippen molar-refractivity contribution >= 4 is 0 Å². The molecule has 0 spiro atoms. The molecule has 1 rings (SSSR count). The summed E-state index contributed by atoms with van der Waals surface area (Å²) in [5.74, 6) is 0. The SMILES string of the molecule is CCC[C@]1(CO)NC[C@H](O)[C@@H](O)[C@@H]1O. The molecule has 0 aromatic carbocycles. The van der Waals surface area contributed by atoms with E-state index in [1.807, 2.05) is 6.92 Å². The lowest BCUT2D eigenvalue weighted by Crippen LogP contribution is -2.69. The fourth-order valence-electron chi connectivity index (χ4n) is 1.98. The Morgan fingerprint density at radius 3 is 2.50 bits per heavy atom. The molecule has 14 heavy (non-hydrogen) atoms. The van der Waals surface area contributed by atoms with E-state index in [2.05, 4.69) is 5.32 Å². The van der Waals surface area contributed by atoms with Gasteiger partial charge in [0.25, 0.3) is 0 Å². The Labute approximate surface area is 83.4 Å². The summed E-state index contributed by atoms with van der Waals surface area (Å²) < 4.78 is 0. The molecule has 4 atom stereocenters. The maximum Gasteiger partial charge on any atom is 0.109 e. The molecular formula is C9H19NO4. The molecule has 1 heterocycles. The summed E-state index contributed by atoms with van der Waals surface area (Å²) in [4.78, 5) is 0. The molecule has 84 valence electrons. The van der Waals surface area contributed by atoms with Gasteiger partial charge in [0.05, 0.1) is 18.2 Å². The van der Waals surface area contributed by atoms with Crippen molar-refractivity contribution in [1.82, 2.24) is 5.32 Å². The summed E-state index contributed by atoms with van der Waals surface area (Å²) in [6, 6.07) is 0. The molecule has 0 aromatic heterocycles. The highest BCUT2D eigenvalue weighted by Crippen LogP contribution is 2.25. The minimum Gasteiger partial charge on any atom is -0.394 e. The number of piperidine rings is 1. The average Bonchev–Trinajstić information content (AvgIpc) is 2.20. The van der Waals surface area contributed by atoms with Crippen molar-refractivity contribution in [2.45, 2.75) is 43.6 Å². The zero-order valence-electron chi connectivity index (χ0n) is 8.35. The van der Waals surface area contributed by atoms with Crippen LogP contribution in [-0.2, 0) is 0 Å². The van der Waals surface area contributed by atoms with E-state index < -0.39 is 23.9 Å². The van der Waals surface area contributed by atoms with Crippen LogP contribution < -0.4 is 5.32 Å². The fraction of sp³-hybridized carbons (Fsp3) is 1.00. The Balaban J connectivity index is 2.76. The molecule has 0 radical (unpaired) electrons. The minimum absolute atomic E-state index is 0.193. The number of hydrogen-bond donors (Lipinski definition) is 5. The van der Waals surface area contributed by atoms with E-state index in [1.54, 1.807) is 0 Å². The van der Waals surface area contributed by atoms with Crippen LogP contribution in [0.5, 0.6) is 0 Å². The molecule has 5 N–H and O–H groups in total. The number of hydrogen-bond acceptors (Lipinski definition) is 5. The van der Waals surface area contributed by atoms with Crippen LogP contribution in [0.25, 0.3) is 0 Å². The van der Waals surface area contributed by atoms with Crippen molar-refractivity contribution in [3.8, 4) is 0 Å². The van der Waals surface area contributed by atoms with Crippen LogP contribution in [0, 0.1) is 0 Å². The van der Waals surface area contributed by atoms with Gasteiger partial charge in [0.2, 0.25) is 0 Å². The van der Waals surface area contributed by atoms with Crippen LogP contribution >= 0.6 is 0 Å². The summed E-state index contributed by atoms with van der Waals surface area (Å²) in [6.07, 6.45) is -1.94. The lowest BCUT2D eigenvalue weighted by Gasteiger charge is -2.45. The van der Waals surface area contributed by atoms with Gasteiger partial charge >= 0.3 is 0 Å². The van der Waals surface area contributed by atoms with E-state index in [-0.39, 0.29) is 13.2 Å². The Bertz CT molecular complexity index is 190. The molecule has 1 fully saturated rings. The molecule has 0 amide bonds. The van der Waals surface area contributed by atoms with Crippen LogP contribution in [0.2, 0.25) is 0 Å². The number of nitrogens with one attached hydrogen (secondary N) is 1. The van der Waals surface area contributed by atoms with Crippen LogP contribution in [0.3, 0.4) is 0 Å². The van der Waals surface area contributed by atoms with E-state index in [4.69, 9.17) is 0 Å². The largest absolute Gasteiger partial charge is 0.394 e. The fourth-order valence-corrected chi connectivity index (χ4v) is 1.98. The van der Waals surface area contributed by atoms with Crippen LogP contribution in [0.4, 0.5) is 0 Å². The van der Waals surface area contributed by atoms with Gasteiger partial charge < -0.3 is 25.7 Å².